The van der Waals surface area contributed by atoms with Gasteiger partial charge in [-0.25, -0.2) is 0 Å². The Bertz CT molecular complexity index is 1520. The number of hydrogen-bond donors (Lipinski definition) is 1. The zero-order valence-corrected chi connectivity index (χ0v) is 22.2. The van der Waals surface area contributed by atoms with E-state index in [1.54, 1.807) is 26.5 Å². The molecule has 1 fully saturated rings. The highest BCUT2D eigenvalue weighted by molar-refractivity contribution is 7.80. The molecule has 1 aliphatic heterocycles. The number of nitrogens with one attached hydrogen (secondary N) is 1. The van der Waals surface area contributed by atoms with E-state index in [-0.39, 0.29) is 17.8 Å². The van der Waals surface area contributed by atoms with E-state index in [2.05, 4.69) is 21.3 Å². The van der Waals surface area contributed by atoms with Crippen molar-refractivity contribution in [2.24, 2.45) is 0 Å². The summed E-state index contributed by atoms with van der Waals surface area (Å²) >= 11 is 5.86. The Morgan fingerprint density at radius 1 is 1.03 bits per heavy atom. The molecule has 2 aromatic heterocycles. The van der Waals surface area contributed by atoms with Gasteiger partial charge in [0.05, 0.1) is 42.6 Å². The summed E-state index contributed by atoms with van der Waals surface area (Å²) in [5, 5.41) is 15.6. The van der Waals surface area contributed by atoms with Crippen molar-refractivity contribution in [1.82, 2.24) is 14.9 Å². The maximum Gasteiger partial charge on any atom is 0.271 e. The Morgan fingerprint density at radius 2 is 1.84 bits per heavy atom. The fourth-order valence-corrected chi connectivity index (χ4v) is 5.48. The van der Waals surface area contributed by atoms with Gasteiger partial charge in [0, 0.05) is 41.5 Å². The molecule has 0 amide bonds. The van der Waals surface area contributed by atoms with Crippen molar-refractivity contribution in [3.05, 3.63) is 106 Å². The van der Waals surface area contributed by atoms with E-state index in [9.17, 15) is 10.1 Å². The molecule has 5 rings (SSSR count). The monoisotopic (exact) mass is 529 g/mol. The van der Waals surface area contributed by atoms with Gasteiger partial charge >= 0.3 is 0 Å². The van der Waals surface area contributed by atoms with E-state index in [4.69, 9.17) is 21.7 Å². The third kappa shape index (κ3) is 4.32. The van der Waals surface area contributed by atoms with Crippen LogP contribution in [0.1, 0.15) is 34.7 Å². The molecule has 0 aliphatic carbocycles. The molecule has 194 valence electrons. The zero-order valence-electron chi connectivity index (χ0n) is 21.4. The van der Waals surface area contributed by atoms with E-state index in [1.807, 2.05) is 60.9 Å². The molecule has 2 unspecified atom stereocenters. The molecule has 9 nitrogen and oxygen atoms in total. The molecule has 2 atom stereocenters. The lowest BCUT2D eigenvalue weighted by atomic mass is 9.96. The van der Waals surface area contributed by atoms with Crippen LogP contribution < -0.4 is 19.7 Å². The molecule has 0 radical (unpaired) electrons. The number of hydrogen-bond acceptors (Lipinski definition) is 6. The average Bonchev–Trinajstić information content (AvgIpc) is 3.43. The number of thiocarbonyl (C=S) groups is 1. The minimum absolute atomic E-state index is 0.0112. The van der Waals surface area contributed by atoms with Gasteiger partial charge in [-0.2, -0.15) is 0 Å². The summed E-state index contributed by atoms with van der Waals surface area (Å²) in [5.41, 5.74) is 5.13. The van der Waals surface area contributed by atoms with Gasteiger partial charge < -0.3 is 24.3 Å². The van der Waals surface area contributed by atoms with Crippen LogP contribution >= 0.6 is 12.2 Å². The Morgan fingerprint density at radius 3 is 2.53 bits per heavy atom. The fourth-order valence-electron chi connectivity index (χ4n) is 5.13. The van der Waals surface area contributed by atoms with Crippen molar-refractivity contribution in [3.63, 3.8) is 0 Å². The lowest BCUT2D eigenvalue weighted by Crippen LogP contribution is -2.29. The van der Waals surface area contributed by atoms with Crippen molar-refractivity contribution >= 4 is 28.7 Å². The zero-order chi connectivity index (χ0) is 27.0. The van der Waals surface area contributed by atoms with Crippen LogP contribution in [-0.2, 0) is 0 Å². The second-order valence-corrected chi connectivity index (χ2v) is 9.36. The van der Waals surface area contributed by atoms with Crippen LogP contribution in [0.2, 0.25) is 0 Å². The number of ether oxygens (including phenoxy) is 2. The first kappa shape index (κ1) is 25.2. The number of aromatic nitrogens is 2. The summed E-state index contributed by atoms with van der Waals surface area (Å²) in [7, 11) is 3.19. The van der Waals surface area contributed by atoms with Gasteiger partial charge in [0.25, 0.3) is 5.69 Å². The van der Waals surface area contributed by atoms with E-state index in [0.717, 1.165) is 34.1 Å². The highest BCUT2D eigenvalue weighted by atomic mass is 32.1. The van der Waals surface area contributed by atoms with Crippen molar-refractivity contribution in [3.8, 4) is 17.2 Å². The Balaban J connectivity index is 1.71. The Hall–Kier alpha value is -4.44. The van der Waals surface area contributed by atoms with Crippen molar-refractivity contribution in [2.75, 3.05) is 19.1 Å². The minimum atomic E-state index is -0.404. The number of rotatable bonds is 7. The maximum atomic E-state index is 11.6. The second-order valence-electron chi connectivity index (χ2n) is 8.97. The summed E-state index contributed by atoms with van der Waals surface area (Å²) in [6, 6.07) is 19.8. The minimum Gasteiger partial charge on any atom is -0.497 e. The quantitative estimate of drug-likeness (QED) is 0.188. The number of benzene rings is 2. The van der Waals surface area contributed by atoms with Gasteiger partial charge in [0.1, 0.15) is 11.5 Å². The normalized spacial score (nSPS) is 16.8. The van der Waals surface area contributed by atoms with Gasteiger partial charge in [-0.05, 0) is 68.0 Å². The summed E-state index contributed by atoms with van der Waals surface area (Å²) in [6.07, 6.45) is 1.77. The van der Waals surface area contributed by atoms with Crippen LogP contribution in [-0.4, -0.2) is 33.8 Å². The Kier molecular flexibility index (Phi) is 6.73. The predicted octanol–water partition coefficient (Wildman–Crippen LogP) is 5.59. The molecule has 1 aliphatic rings. The van der Waals surface area contributed by atoms with E-state index >= 15 is 0 Å². The number of pyridine rings is 1. The first-order valence-electron chi connectivity index (χ1n) is 12.0. The van der Waals surface area contributed by atoms with Gasteiger partial charge in [-0.1, -0.05) is 12.1 Å². The van der Waals surface area contributed by atoms with Gasteiger partial charge in [-0.3, -0.25) is 15.1 Å². The molecule has 10 heteroatoms. The molecule has 0 bridgehead atoms. The smallest absolute Gasteiger partial charge is 0.271 e. The van der Waals surface area contributed by atoms with E-state index in [1.165, 1.54) is 12.1 Å². The fraction of sp³-hybridized carbons (Fsp3) is 0.214. The predicted molar refractivity (Wildman–Crippen MR) is 149 cm³/mol. The van der Waals surface area contributed by atoms with E-state index < -0.39 is 4.92 Å². The van der Waals surface area contributed by atoms with E-state index in [0.29, 0.717) is 16.5 Å². The molecule has 38 heavy (non-hydrogen) atoms. The highest BCUT2D eigenvalue weighted by Crippen LogP contribution is 2.45. The molecule has 3 heterocycles. The van der Waals surface area contributed by atoms with Crippen LogP contribution in [0.25, 0.3) is 5.69 Å². The standard InChI is InChI=1S/C28H27N5O4S/c1-17-14-22(18(2)31(17)24-16-20(33(34)35)11-12-25(24)37-4)27-26(23-10-5-6-13-29-23)30-28(38)32(27)19-8-7-9-21(15-19)36-3/h5-16,26-27H,1-4H3,(H,30,38). The Labute approximate surface area is 225 Å². The lowest BCUT2D eigenvalue weighted by molar-refractivity contribution is -0.384. The number of methoxy groups -OCH3 is 2. The SMILES string of the molecule is COc1cccc(N2C(=S)NC(c3ccccn3)C2c2cc(C)n(-c3cc([N+](=O)[O-])ccc3OC)c2C)c1. The molecule has 0 saturated carbocycles. The first-order valence-corrected chi connectivity index (χ1v) is 12.4. The molecule has 1 saturated heterocycles. The summed E-state index contributed by atoms with van der Waals surface area (Å²) in [5.74, 6) is 1.26. The summed E-state index contributed by atoms with van der Waals surface area (Å²) in [6.45, 7) is 3.97. The second kappa shape index (κ2) is 10.1. The van der Waals surface area contributed by atoms with Crippen molar-refractivity contribution in [2.45, 2.75) is 25.9 Å². The van der Waals surface area contributed by atoms with Crippen LogP contribution in [0.5, 0.6) is 11.5 Å². The molecular formula is C28H27N5O4S. The third-order valence-electron chi connectivity index (χ3n) is 6.83. The summed E-state index contributed by atoms with van der Waals surface area (Å²) < 4.78 is 13.1. The number of anilines is 1. The van der Waals surface area contributed by atoms with Crippen LogP contribution in [0.3, 0.4) is 0 Å². The number of nitro groups is 1. The van der Waals surface area contributed by atoms with Crippen molar-refractivity contribution in [1.29, 1.82) is 0 Å². The molecule has 4 aromatic rings. The lowest BCUT2D eigenvalue weighted by Gasteiger charge is -2.28. The topological polar surface area (TPSA) is 94.7 Å². The largest absolute Gasteiger partial charge is 0.497 e. The maximum absolute atomic E-state index is 11.6. The third-order valence-corrected chi connectivity index (χ3v) is 7.15. The highest BCUT2D eigenvalue weighted by Gasteiger charge is 2.42. The van der Waals surface area contributed by atoms with Crippen LogP contribution in [0.15, 0.2) is 72.9 Å². The first-order chi connectivity index (χ1) is 18.3. The summed E-state index contributed by atoms with van der Waals surface area (Å²) in [4.78, 5) is 17.9. The van der Waals surface area contributed by atoms with Crippen molar-refractivity contribution < 1.29 is 14.4 Å². The molecule has 0 spiro atoms. The average molecular weight is 530 g/mol. The molecule has 2 aromatic carbocycles. The van der Waals surface area contributed by atoms with Gasteiger partial charge in [0.15, 0.2) is 5.11 Å². The molecular weight excluding hydrogens is 502 g/mol. The molecule has 1 N–H and O–H groups in total. The number of nitrogens with zero attached hydrogens (tertiary/aromatic N) is 4. The number of nitro benzene ring substituents is 1. The number of aryl methyl sites for hydroxylation is 1. The number of non-ortho nitro benzene ring substituents is 1. The van der Waals surface area contributed by atoms with Crippen LogP contribution in [0.4, 0.5) is 11.4 Å². The van der Waals surface area contributed by atoms with Crippen LogP contribution in [0, 0.1) is 24.0 Å². The van der Waals surface area contributed by atoms with Gasteiger partial charge in [-0.15, -0.1) is 0 Å². The van der Waals surface area contributed by atoms with Gasteiger partial charge in [0.2, 0.25) is 0 Å².